The lowest BCUT2D eigenvalue weighted by Crippen LogP contribution is -2.53. The van der Waals surface area contributed by atoms with Crippen LogP contribution in [0.4, 0.5) is 15.8 Å². The zero-order chi connectivity index (χ0) is 38.1. The van der Waals surface area contributed by atoms with E-state index in [0.29, 0.717) is 16.2 Å². The third-order valence-electron chi connectivity index (χ3n) is 11.2. The standard InChI is InChI=1S/C41H33ClFN3O8/c1-2-54-32-8-4-7-29(35(32)47)34-27-17-18-28-33(38(50)45(36(28)48)26-6-3-5-21(19-26)39(51)52)30(27)20-31-37(49)46(44-25-15-13-24(43)14-16-25)40(53)41(31,34)22-9-11-23(42)12-10-22/h3-17,19,28,30-31,33-34,44,47H,2,18,20H2,1H3,(H,51,52). The van der Waals surface area contributed by atoms with E-state index in [2.05, 4.69) is 5.43 Å². The van der Waals surface area contributed by atoms with Gasteiger partial charge in [-0.05, 0) is 91.9 Å². The third-order valence-corrected chi connectivity index (χ3v) is 11.5. The van der Waals surface area contributed by atoms with Gasteiger partial charge in [-0.15, -0.1) is 0 Å². The van der Waals surface area contributed by atoms with Crippen LogP contribution in [0.3, 0.4) is 0 Å². The molecule has 0 bridgehead atoms. The maximum atomic E-state index is 15.3. The molecule has 3 N–H and O–H groups in total. The van der Waals surface area contributed by atoms with Crippen molar-refractivity contribution in [1.29, 1.82) is 0 Å². The summed E-state index contributed by atoms with van der Waals surface area (Å²) < 4.78 is 19.7. The summed E-state index contributed by atoms with van der Waals surface area (Å²) in [7, 11) is 0. The number of nitrogens with zero attached hydrogens (tertiary/aromatic N) is 2. The molecular weight excluding hydrogens is 717 g/mol. The van der Waals surface area contributed by atoms with Crippen LogP contribution >= 0.6 is 11.6 Å². The van der Waals surface area contributed by atoms with E-state index in [1.807, 2.05) is 6.08 Å². The molecule has 3 fully saturated rings. The number of para-hydroxylation sites is 1. The summed E-state index contributed by atoms with van der Waals surface area (Å²) >= 11 is 6.35. The van der Waals surface area contributed by atoms with Crippen molar-refractivity contribution in [2.24, 2.45) is 23.7 Å². The van der Waals surface area contributed by atoms with Gasteiger partial charge in [0.25, 0.3) is 11.8 Å². The number of anilines is 2. The number of phenolic OH excluding ortho intramolecular Hbond substituents is 1. The Morgan fingerprint density at radius 1 is 0.944 bits per heavy atom. The van der Waals surface area contributed by atoms with Crippen LogP contribution in [-0.2, 0) is 24.6 Å². The number of amides is 4. The fourth-order valence-electron chi connectivity index (χ4n) is 9.08. The maximum absolute atomic E-state index is 15.3. The molecule has 4 amide bonds. The number of fused-ring (bicyclic) bond motifs is 4. The molecule has 6 atom stereocenters. The first-order valence-corrected chi connectivity index (χ1v) is 17.9. The van der Waals surface area contributed by atoms with Gasteiger partial charge in [0, 0.05) is 16.5 Å². The average molecular weight is 750 g/mol. The molecule has 2 saturated heterocycles. The molecular formula is C41H33ClFN3O8. The van der Waals surface area contributed by atoms with E-state index in [1.165, 1.54) is 48.5 Å². The van der Waals surface area contributed by atoms with Crippen molar-refractivity contribution >= 4 is 52.6 Å². The molecule has 1 saturated carbocycles. The van der Waals surface area contributed by atoms with E-state index < -0.39 is 70.4 Å². The molecule has 4 aliphatic rings. The van der Waals surface area contributed by atoms with Gasteiger partial charge in [-0.2, -0.15) is 5.01 Å². The van der Waals surface area contributed by atoms with Crippen LogP contribution in [0.5, 0.6) is 11.5 Å². The zero-order valence-electron chi connectivity index (χ0n) is 28.7. The van der Waals surface area contributed by atoms with Gasteiger partial charge in [-0.3, -0.25) is 29.5 Å². The van der Waals surface area contributed by atoms with Gasteiger partial charge in [0.15, 0.2) is 11.5 Å². The predicted molar refractivity (Wildman–Crippen MR) is 194 cm³/mol. The van der Waals surface area contributed by atoms with E-state index >= 15 is 4.79 Å². The number of aromatic carboxylic acids is 1. The smallest absolute Gasteiger partial charge is 0.335 e. The number of rotatable bonds is 8. The van der Waals surface area contributed by atoms with Gasteiger partial charge in [0.1, 0.15) is 5.82 Å². The molecule has 0 radical (unpaired) electrons. The highest BCUT2D eigenvalue weighted by molar-refractivity contribution is 6.30. The fraction of sp³-hybridized carbons (Fsp3) is 0.244. The molecule has 13 heteroatoms. The van der Waals surface area contributed by atoms with Gasteiger partial charge in [0.2, 0.25) is 11.8 Å². The first kappa shape index (κ1) is 35.0. The summed E-state index contributed by atoms with van der Waals surface area (Å²) in [6.45, 7) is 1.99. The third kappa shape index (κ3) is 5.19. The first-order chi connectivity index (χ1) is 26.0. The largest absolute Gasteiger partial charge is 0.504 e. The predicted octanol–water partition coefficient (Wildman–Crippen LogP) is 6.47. The van der Waals surface area contributed by atoms with Gasteiger partial charge >= 0.3 is 5.97 Å². The maximum Gasteiger partial charge on any atom is 0.335 e. The number of benzene rings is 4. The number of carbonyl (C=O) groups excluding carboxylic acids is 4. The number of carboxylic acids is 1. The molecule has 0 aromatic heterocycles. The Morgan fingerprint density at radius 2 is 1.67 bits per heavy atom. The molecule has 54 heavy (non-hydrogen) atoms. The summed E-state index contributed by atoms with van der Waals surface area (Å²) in [6, 6.07) is 22.3. The number of halogens is 2. The molecule has 2 heterocycles. The number of hydrogen-bond acceptors (Lipinski definition) is 8. The van der Waals surface area contributed by atoms with Crippen molar-refractivity contribution in [2.75, 3.05) is 16.9 Å². The van der Waals surface area contributed by atoms with Crippen LogP contribution in [0.1, 0.15) is 47.2 Å². The number of ether oxygens (including phenoxy) is 1. The van der Waals surface area contributed by atoms with E-state index in [-0.39, 0.29) is 53.4 Å². The summed E-state index contributed by atoms with van der Waals surface area (Å²) in [4.78, 5) is 71.5. The van der Waals surface area contributed by atoms with Crippen LogP contribution in [0.15, 0.2) is 103 Å². The van der Waals surface area contributed by atoms with Crippen molar-refractivity contribution in [1.82, 2.24) is 5.01 Å². The number of hydrogen-bond donors (Lipinski definition) is 3. The quantitative estimate of drug-likeness (QED) is 0.136. The first-order valence-electron chi connectivity index (χ1n) is 17.5. The summed E-state index contributed by atoms with van der Waals surface area (Å²) in [5.74, 6) is -8.84. The Kier molecular flexibility index (Phi) is 8.52. The topological polar surface area (TPSA) is 154 Å². The number of carboxylic acid groups (broad SMARTS) is 1. The molecule has 2 aliphatic carbocycles. The number of aromatic hydroxyl groups is 1. The van der Waals surface area contributed by atoms with Crippen LogP contribution in [0.2, 0.25) is 5.02 Å². The van der Waals surface area contributed by atoms with Gasteiger partial charge in [0.05, 0.1) is 46.7 Å². The van der Waals surface area contributed by atoms with Gasteiger partial charge in [-0.25, -0.2) is 9.18 Å². The lowest BCUT2D eigenvalue weighted by Gasteiger charge is -2.50. The molecule has 8 rings (SSSR count). The summed E-state index contributed by atoms with van der Waals surface area (Å²) in [5, 5.41) is 22.8. The fourth-order valence-corrected chi connectivity index (χ4v) is 9.20. The molecule has 6 unspecified atom stereocenters. The Bertz CT molecular complexity index is 2280. The molecule has 4 aromatic rings. The molecule has 274 valence electrons. The molecule has 2 aliphatic heterocycles. The Morgan fingerprint density at radius 3 is 2.37 bits per heavy atom. The normalized spacial score (nSPS) is 25.9. The van der Waals surface area contributed by atoms with Crippen LogP contribution < -0.4 is 15.1 Å². The SMILES string of the molecule is CCOc1cccc(C2C3=CCC4C(=O)N(c5cccc(C(=O)O)c5)C(=O)C4C3CC3C(=O)N(Nc4ccc(F)cc4)C(=O)C32c2ccc(Cl)cc2)c1O. The highest BCUT2D eigenvalue weighted by atomic mass is 35.5. The summed E-state index contributed by atoms with van der Waals surface area (Å²) in [6.07, 6.45) is 1.93. The minimum atomic E-state index is -1.70. The second-order valence-electron chi connectivity index (χ2n) is 13.9. The number of nitrogens with one attached hydrogen (secondary N) is 1. The lowest BCUT2D eigenvalue weighted by atomic mass is 9.49. The van der Waals surface area contributed by atoms with Crippen LogP contribution in [0, 0.1) is 29.5 Å². The Balaban J connectivity index is 1.33. The zero-order valence-corrected chi connectivity index (χ0v) is 29.5. The highest BCUT2D eigenvalue weighted by Crippen LogP contribution is 2.65. The number of phenols is 1. The number of allylic oxidation sites excluding steroid dienone is 2. The Labute approximate surface area is 313 Å². The lowest BCUT2D eigenvalue weighted by molar-refractivity contribution is -0.138. The number of carbonyl (C=O) groups is 5. The van der Waals surface area contributed by atoms with Gasteiger partial charge < -0.3 is 14.9 Å². The second-order valence-corrected chi connectivity index (χ2v) is 14.3. The van der Waals surface area contributed by atoms with Crippen molar-refractivity contribution in [2.45, 2.75) is 31.1 Å². The van der Waals surface area contributed by atoms with Crippen molar-refractivity contribution in [3.05, 3.63) is 130 Å². The monoisotopic (exact) mass is 749 g/mol. The highest BCUT2D eigenvalue weighted by Gasteiger charge is 2.70. The van der Waals surface area contributed by atoms with Crippen molar-refractivity contribution in [3.63, 3.8) is 0 Å². The van der Waals surface area contributed by atoms with E-state index in [1.54, 1.807) is 49.4 Å². The number of hydrazine groups is 1. The van der Waals surface area contributed by atoms with Crippen molar-refractivity contribution in [3.8, 4) is 11.5 Å². The van der Waals surface area contributed by atoms with Gasteiger partial charge in [-0.1, -0.05) is 53.6 Å². The Hall–Kier alpha value is -6.01. The molecule has 11 nitrogen and oxygen atoms in total. The number of imide groups is 2. The van der Waals surface area contributed by atoms with Crippen LogP contribution in [-0.4, -0.2) is 51.4 Å². The summed E-state index contributed by atoms with van der Waals surface area (Å²) in [5.41, 5.74) is 2.80. The van der Waals surface area contributed by atoms with E-state index in [0.717, 1.165) is 9.91 Å². The molecule has 4 aromatic carbocycles. The van der Waals surface area contributed by atoms with E-state index in [9.17, 15) is 33.8 Å². The average Bonchev–Trinajstić information content (AvgIpc) is 3.54. The second kappa shape index (κ2) is 13.1. The van der Waals surface area contributed by atoms with E-state index in [4.69, 9.17) is 16.3 Å². The minimum Gasteiger partial charge on any atom is -0.504 e. The van der Waals surface area contributed by atoms with Crippen LogP contribution in [0.25, 0.3) is 0 Å². The van der Waals surface area contributed by atoms with Crippen molar-refractivity contribution < 1.29 is 43.3 Å². The molecule has 0 spiro atoms. The minimum absolute atomic E-state index is 0.0216.